The summed E-state index contributed by atoms with van der Waals surface area (Å²) in [6.07, 6.45) is 12.4. The Morgan fingerprint density at radius 1 is 1.33 bits per heavy atom. The Hall–Kier alpha value is -1.95. The summed E-state index contributed by atoms with van der Waals surface area (Å²) >= 11 is 1.31. The molecule has 24 heavy (non-hydrogen) atoms. The summed E-state index contributed by atoms with van der Waals surface area (Å²) in [6, 6.07) is 0. The summed E-state index contributed by atoms with van der Waals surface area (Å²) < 4.78 is 0. The van der Waals surface area contributed by atoms with Gasteiger partial charge in [0.05, 0.1) is 11.3 Å². The minimum absolute atomic E-state index is 0.112. The van der Waals surface area contributed by atoms with E-state index < -0.39 is 0 Å². The van der Waals surface area contributed by atoms with E-state index in [2.05, 4.69) is 22.1 Å². The van der Waals surface area contributed by atoms with Crippen LogP contribution in [0.5, 0.6) is 0 Å². The fourth-order valence-corrected chi connectivity index (χ4v) is 3.96. The first-order valence-corrected chi connectivity index (χ1v) is 9.11. The fraction of sp³-hybridized carbons (Fsp3) is 0.444. The Kier molecular flexibility index (Phi) is 5.45. The third kappa shape index (κ3) is 3.93. The first kappa shape index (κ1) is 16.9. The molecule has 0 unspecified atom stereocenters. The van der Waals surface area contributed by atoms with Crippen LogP contribution in [-0.2, 0) is 0 Å². The predicted octanol–water partition coefficient (Wildman–Crippen LogP) is 3.86. The zero-order valence-electron chi connectivity index (χ0n) is 13.8. The van der Waals surface area contributed by atoms with Crippen LogP contribution in [0.15, 0.2) is 29.3 Å². The summed E-state index contributed by atoms with van der Waals surface area (Å²) in [7, 11) is 0. The van der Waals surface area contributed by atoms with Gasteiger partial charge in [-0.05, 0) is 44.4 Å². The molecule has 0 aromatic carbocycles. The second-order valence-electron chi connectivity index (χ2n) is 6.09. The van der Waals surface area contributed by atoms with Crippen LogP contribution in [-0.4, -0.2) is 39.5 Å². The number of likely N-dealkylation sites (tertiary alicyclic amines) is 1. The molecule has 1 fully saturated rings. The highest BCUT2D eigenvalue weighted by atomic mass is 32.2. The van der Waals surface area contributed by atoms with E-state index in [-0.39, 0.29) is 11.2 Å². The van der Waals surface area contributed by atoms with Crippen molar-refractivity contribution < 1.29 is 9.59 Å². The highest BCUT2D eigenvalue weighted by molar-refractivity contribution is 8.17. The molecular formula is C18H21N3O2S. The Bertz CT molecular complexity index is 692. The highest BCUT2D eigenvalue weighted by Crippen LogP contribution is 2.31. The van der Waals surface area contributed by atoms with Crippen molar-refractivity contribution in [3.63, 3.8) is 0 Å². The average Bonchev–Trinajstić information content (AvgIpc) is 2.62. The molecule has 5 nitrogen and oxygen atoms in total. The summed E-state index contributed by atoms with van der Waals surface area (Å²) in [5.41, 5.74) is 1.40. The molecule has 0 bridgehead atoms. The zero-order valence-corrected chi connectivity index (χ0v) is 14.6. The molecule has 126 valence electrons. The van der Waals surface area contributed by atoms with Crippen molar-refractivity contribution in [1.82, 2.24) is 14.9 Å². The van der Waals surface area contributed by atoms with Gasteiger partial charge in [0.25, 0.3) is 5.24 Å². The van der Waals surface area contributed by atoms with E-state index in [0.29, 0.717) is 24.5 Å². The summed E-state index contributed by atoms with van der Waals surface area (Å²) in [4.78, 5) is 35.1. The second kappa shape index (κ2) is 7.75. The number of aryl methyl sites for hydroxylation is 1. The number of nitrogens with zero attached hydrogens (tertiary/aromatic N) is 3. The predicted molar refractivity (Wildman–Crippen MR) is 95.1 cm³/mol. The molecule has 0 spiro atoms. The Balaban J connectivity index is 1.60. The molecule has 1 aromatic rings. The van der Waals surface area contributed by atoms with Gasteiger partial charge in [-0.25, -0.2) is 9.97 Å². The molecule has 1 aromatic heterocycles. The molecular weight excluding hydrogens is 322 g/mol. The monoisotopic (exact) mass is 343 g/mol. The third-order valence-electron chi connectivity index (χ3n) is 4.40. The van der Waals surface area contributed by atoms with Gasteiger partial charge in [-0.2, -0.15) is 0 Å². The number of carbonyl (C=O) groups is 2. The number of aromatic nitrogens is 2. The van der Waals surface area contributed by atoms with Gasteiger partial charge in [-0.15, -0.1) is 0 Å². The van der Waals surface area contributed by atoms with Crippen molar-refractivity contribution in [3.05, 3.63) is 46.4 Å². The van der Waals surface area contributed by atoms with E-state index in [1.54, 1.807) is 6.20 Å². The van der Waals surface area contributed by atoms with Gasteiger partial charge >= 0.3 is 0 Å². The standard InChI is InChI=1S/C18H21N3O2S/c1-13-19-11-15(12-22)17(20-13)14-7-9-21(10-8-14)18(23)24-16-5-3-2-4-6-16/h3,5-6,11-12,14H,2,4,7-10H2,1H3. The van der Waals surface area contributed by atoms with E-state index >= 15 is 0 Å². The molecule has 0 radical (unpaired) electrons. The molecule has 6 heteroatoms. The fourth-order valence-electron chi connectivity index (χ4n) is 3.08. The molecule has 1 saturated heterocycles. The van der Waals surface area contributed by atoms with Crippen molar-refractivity contribution in [2.45, 2.75) is 38.5 Å². The van der Waals surface area contributed by atoms with E-state index in [4.69, 9.17) is 0 Å². The largest absolute Gasteiger partial charge is 0.333 e. The van der Waals surface area contributed by atoms with Crippen molar-refractivity contribution in [2.24, 2.45) is 0 Å². The molecule has 3 rings (SSSR count). The average molecular weight is 343 g/mol. The molecule has 1 aliphatic heterocycles. The third-order valence-corrected chi connectivity index (χ3v) is 5.37. The quantitative estimate of drug-likeness (QED) is 0.780. The van der Waals surface area contributed by atoms with Gasteiger partial charge < -0.3 is 4.90 Å². The Morgan fingerprint density at radius 3 is 2.79 bits per heavy atom. The summed E-state index contributed by atoms with van der Waals surface area (Å²) in [5.74, 6) is 0.899. The highest BCUT2D eigenvalue weighted by Gasteiger charge is 2.27. The van der Waals surface area contributed by atoms with Gasteiger partial charge in [0, 0.05) is 30.1 Å². The molecule has 1 amide bonds. The lowest BCUT2D eigenvalue weighted by Gasteiger charge is -2.32. The van der Waals surface area contributed by atoms with E-state index in [9.17, 15) is 9.59 Å². The van der Waals surface area contributed by atoms with Crippen LogP contribution in [0, 0.1) is 6.92 Å². The summed E-state index contributed by atoms with van der Waals surface area (Å²) in [5, 5.41) is 0.112. The smallest absolute Gasteiger partial charge is 0.286 e. The lowest BCUT2D eigenvalue weighted by molar-refractivity contribution is 0.112. The van der Waals surface area contributed by atoms with Crippen molar-refractivity contribution in [3.8, 4) is 0 Å². The van der Waals surface area contributed by atoms with Crippen LogP contribution >= 0.6 is 11.8 Å². The Morgan fingerprint density at radius 2 is 2.12 bits per heavy atom. The lowest BCUT2D eigenvalue weighted by Crippen LogP contribution is -2.36. The first-order chi connectivity index (χ1) is 11.7. The normalized spacial score (nSPS) is 18.4. The molecule has 2 aliphatic rings. The number of aldehydes is 1. The van der Waals surface area contributed by atoms with Gasteiger partial charge in [-0.3, -0.25) is 9.59 Å². The van der Waals surface area contributed by atoms with Crippen LogP contribution in [0.3, 0.4) is 0 Å². The van der Waals surface area contributed by atoms with Crippen molar-refractivity contribution >= 4 is 23.3 Å². The second-order valence-corrected chi connectivity index (χ2v) is 7.12. The number of hydrogen-bond acceptors (Lipinski definition) is 5. The van der Waals surface area contributed by atoms with Crippen LogP contribution in [0.1, 0.15) is 53.5 Å². The van der Waals surface area contributed by atoms with Crippen molar-refractivity contribution in [1.29, 1.82) is 0 Å². The molecule has 0 atom stereocenters. The van der Waals surface area contributed by atoms with E-state index in [1.165, 1.54) is 11.8 Å². The maximum Gasteiger partial charge on any atom is 0.286 e. The molecule has 2 heterocycles. The number of thioether (sulfide) groups is 1. The number of carbonyl (C=O) groups excluding carboxylic acids is 2. The van der Waals surface area contributed by atoms with Crippen LogP contribution < -0.4 is 0 Å². The van der Waals surface area contributed by atoms with Crippen LogP contribution in [0.4, 0.5) is 4.79 Å². The number of rotatable bonds is 3. The number of hydrogen-bond donors (Lipinski definition) is 0. The van der Waals surface area contributed by atoms with Gasteiger partial charge in [0.15, 0.2) is 6.29 Å². The minimum Gasteiger partial charge on any atom is -0.333 e. The zero-order chi connectivity index (χ0) is 16.9. The first-order valence-electron chi connectivity index (χ1n) is 8.29. The van der Waals surface area contributed by atoms with Gasteiger partial charge in [-0.1, -0.05) is 18.2 Å². The molecule has 0 saturated carbocycles. The van der Waals surface area contributed by atoms with E-state index in [1.807, 2.05) is 17.9 Å². The van der Waals surface area contributed by atoms with Crippen LogP contribution in [0.25, 0.3) is 0 Å². The molecule has 1 aliphatic carbocycles. The Labute approximate surface area is 146 Å². The number of allylic oxidation sites excluding steroid dienone is 3. The minimum atomic E-state index is 0.112. The van der Waals surface area contributed by atoms with Gasteiger partial charge in [0.1, 0.15) is 5.82 Å². The van der Waals surface area contributed by atoms with Crippen molar-refractivity contribution in [2.75, 3.05) is 13.1 Å². The lowest BCUT2D eigenvalue weighted by atomic mass is 9.91. The number of piperidine rings is 1. The van der Waals surface area contributed by atoms with Gasteiger partial charge in [0.2, 0.25) is 0 Å². The topological polar surface area (TPSA) is 63.2 Å². The van der Waals surface area contributed by atoms with Crippen LogP contribution in [0.2, 0.25) is 0 Å². The maximum atomic E-state index is 12.4. The maximum absolute atomic E-state index is 12.4. The number of amides is 1. The van der Waals surface area contributed by atoms with E-state index in [0.717, 1.165) is 42.6 Å². The summed E-state index contributed by atoms with van der Waals surface area (Å²) in [6.45, 7) is 3.24. The molecule has 0 N–H and O–H groups in total. The SMILES string of the molecule is Cc1ncc(C=O)c(C2CCN(C(=O)SC3=CCCC=C3)CC2)n1.